The SMILES string of the molecule is COc1ccc(CSc2nnc(S[C@H](C)C(=O)N3CCCCCC3)s2)cc1. The molecule has 0 saturated carbocycles. The topological polar surface area (TPSA) is 55.3 Å². The van der Waals surface area contributed by atoms with Crippen molar-refractivity contribution in [2.75, 3.05) is 20.2 Å². The van der Waals surface area contributed by atoms with Crippen molar-refractivity contribution in [3.8, 4) is 5.75 Å². The number of nitrogens with zero attached hydrogens (tertiary/aromatic N) is 3. The second-order valence-corrected chi connectivity index (χ2v) is 10.3. The Labute approximate surface area is 173 Å². The molecule has 0 spiro atoms. The number of amides is 1. The first-order valence-corrected chi connectivity index (χ1v) is 11.9. The highest BCUT2D eigenvalue weighted by atomic mass is 32.2. The predicted molar refractivity (Wildman–Crippen MR) is 113 cm³/mol. The summed E-state index contributed by atoms with van der Waals surface area (Å²) in [6.45, 7) is 3.76. The van der Waals surface area contributed by atoms with Crippen LogP contribution in [0.15, 0.2) is 32.9 Å². The summed E-state index contributed by atoms with van der Waals surface area (Å²) in [4.78, 5) is 14.7. The zero-order valence-corrected chi connectivity index (χ0v) is 18.2. The monoisotopic (exact) mass is 423 g/mol. The van der Waals surface area contributed by atoms with Gasteiger partial charge in [0.25, 0.3) is 0 Å². The van der Waals surface area contributed by atoms with E-state index in [0.717, 1.165) is 46.1 Å². The molecule has 5 nitrogen and oxygen atoms in total. The van der Waals surface area contributed by atoms with Crippen LogP contribution >= 0.6 is 34.9 Å². The molecule has 1 atom stereocenters. The van der Waals surface area contributed by atoms with E-state index in [1.165, 1.54) is 30.2 Å². The van der Waals surface area contributed by atoms with Crippen LogP contribution in [0.3, 0.4) is 0 Å². The van der Waals surface area contributed by atoms with Gasteiger partial charge in [-0.05, 0) is 37.5 Å². The average molecular weight is 424 g/mol. The van der Waals surface area contributed by atoms with E-state index in [-0.39, 0.29) is 11.2 Å². The number of likely N-dealkylation sites (tertiary alicyclic amines) is 1. The predicted octanol–water partition coefficient (Wildman–Crippen LogP) is 4.72. The van der Waals surface area contributed by atoms with Crippen molar-refractivity contribution in [2.45, 2.75) is 52.3 Å². The maximum Gasteiger partial charge on any atom is 0.235 e. The summed E-state index contributed by atoms with van der Waals surface area (Å²) in [6.07, 6.45) is 4.70. The lowest BCUT2D eigenvalue weighted by Gasteiger charge is -2.23. The van der Waals surface area contributed by atoms with Gasteiger partial charge in [-0.2, -0.15) is 0 Å². The van der Waals surface area contributed by atoms with Crippen molar-refractivity contribution in [3.05, 3.63) is 29.8 Å². The Kier molecular flexibility index (Phi) is 7.84. The van der Waals surface area contributed by atoms with E-state index in [9.17, 15) is 4.79 Å². The molecule has 0 unspecified atom stereocenters. The van der Waals surface area contributed by atoms with Crippen molar-refractivity contribution in [2.24, 2.45) is 0 Å². The Bertz CT molecular complexity index is 728. The van der Waals surface area contributed by atoms with Gasteiger partial charge in [-0.15, -0.1) is 10.2 Å². The summed E-state index contributed by atoms with van der Waals surface area (Å²) in [5.41, 5.74) is 1.22. The Hall–Kier alpha value is -1.25. The molecule has 2 heterocycles. The lowest BCUT2D eigenvalue weighted by molar-refractivity contribution is -0.130. The number of ether oxygens (including phenoxy) is 1. The largest absolute Gasteiger partial charge is 0.497 e. The molecule has 1 aliphatic heterocycles. The quantitative estimate of drug-likeness (QED) is 0.601. The number of hydrogen-bond donors (Lipinski definition) is 0. The minimum Gasteiger partial charge on any atom is -0.497 e. The maximum absolute atomic E-state index is 12.7. The van der Waals surface area contributed by atoms with E-state index in [0.29, 0.717) is 0 Å². The number of hydrogen-bond acceptors (Lipinski definition) is 7. The van der Waals surface area contributed by atoms with E-state index in [1.54, 1.807) is 30.2 Å². The molecule has 27 heavy (non-hydrogen) atoms. The first-order valence-electron chi connectivity index (χ1n) is 9.20. The van der Waals surface area contributed by atoms with Crippen LogP contribution < -0.4 is 4.74 Å². The van der Waals surface area contributed by atoms with E-state index in [1.807, 2.05) is 24.0 Å². The van der Waals surface area contributed by atoms with Gasteiger partial charge in [0.1, 0.15) is 5.75 Å². The molecule has 0 N–H and O–H groups in total. The first-order chi connectivity index (χ1) is 13.2. The molecule has 0 bridgehead atoms. The summed E-state index contributed by atoms with van der Waals surface area (Å²) in [7, 11) is 1.67. The molecular weight excluding hydrogens is 398 g/mol. The second-order valence-electron chi connectivity index (χ2n) is 6.47. The fourth-order valence-corrected chi connectivity index (χ4v) is 6.12. The van der Waals surface area contributed by atoms with Gasteiger partial charge < -0.3 is 9.64 Å². The van der Waals surface area contributed by atoms with Crippen molar-refractivity contribution in [1.29, 1.82) is 0 Å². The second kappa shape index (κ2) is 10.3. The summed E-state index contributed by atoms with van der Waals surface area (Å²) < 4.78 is 6.98. The van der Waals surface area contributed by atoms with Crippen LogP contribution in [0.1, 0.15) is 38.2 Å². The molecule has 1 aromatic carbocycles. The third-order valence-corrected chi connectivity index (χ3v) is 7.75. The third-order valence-electron chi connectivity index (χ3n) is 4.45. The standard InChI is InChI=1S/C19H25N3O2S3/c1-14(17(23)22-11-5-3-4-6-12-22)26-19-21-20-18(27-19)25-13-15-7-9-16(24-2)10-8-15/h7-10,14H,3-6,11-13H2,1-2H3/t14-/m1/s1. The highest BCUT2D eigenvalue weighted by Crippen LogP contribution is 2.33. The highest BCUT2D eigenvalue weighted by Gasteiger charge is 2.23. The van der Waals surface area contributed by atoms with E-state index >= 15 is 0 Å². The summed E-state index contributed by atoms with van der Waals surface area (Å²) in [5, 5.41) is 8.41. The number of benzene rings is 1. The lowest BCUT2D eigenvalue weighted by atomic mass is 10.2. The molecule has 1 saturated heterocycles. The molecule has 1 amide bonds. The Morgan fingerprint density at radius 1 is 1.15 bits per heavy atom. The highest BCUT2D eigenvalue weighted by molar-refractivity contribution is 8.03. The number of carbonyl (C=O) groups excluding carboxylic acids is 1. The van der Waals surface area contributed by atoms with Crippen LogP contribution in [-0.4, -0.2) is 46.5 Å². The van der Waals surface area contributed by atoms with Crippen LogP contribution in [0.25, 0.3) is 0 Å². The molecular formula is C19H25N3O2S3. The fraction of sp³-hybridized carbons (Fsp3) is 0.526. The van der Waals surface area contributed by atoms with Crippen LogP contribution in [-0.2, 0) is 10.5 Å². The van der Waals surface area contributed by atoms with E-state index < -0.39 is 0 Å². The zero-order chi connectivity index (χ0) is 19.1. The lowest BCUT2D eigenvalue weighted by Crippen LogP contribution is -2.37. The zero-order valence-electron chi connectivity index (χ0n) is 15.7. The van der Waals surface area contributed by atoms with Crippen molar-refractivity contribution >= 4 is 40.8 Å². The molecule has 0 aliphatic carbocycles. The fourth-order valence-electron chi connectivity index (χ4n) is 2.92. The molecule has 2 aromatic rings. The molecule has 0 radical (unpaired) electrons. The Morgan fingerprint density at radius 2 is 1.81 bits per heavy atom. The molecule has 3 rings (SSSR count). The van der Waals surface area contributed by atoms with Crippen molar-refractivity contribution < 1.29 is 9.53 Å². The summed E-state index contributed by atoms with van der Waals surface area (Å²) >= 11 is 4.76. The van der Waals surface area contributed by atoms with E-state index in [4.69, 9.17) is 4.74 Å². The van der Waals surface area contributed by atoms with Gasteiger partial charge >= 0.3 is 0 Å². The maximum atomic E-state index is 12.7. The average Bonchev–Trinajstić information content (AvgIpc) is 2.96. The molecule has 1 aromatic heterocycles. The molecule has 8 heteroatoms. The van der Waals surface area contributed by atoms with Gasteiger partial charge in [0.2, 0.25) is 5.91 Å². The van der Waals surface area contributed by atoms with Gasteiger partial charge in [-0.1, -0.05) is 59.8 Å². The Morgan fingerprint density at radius 3 is 2.48 bits per heavy atom. The number of methoxy groups -OCH3 is 1. The van der Waals surface area contributed by atoms with Gasteiger partial charge in [-0.25, -0.2) is 0 Å². The normalized spacial score (nSPS) is 16.0. The van der Waals surface area contributed by atoms with Crippen LogP contribution in [0.4, 0.5) is 0 Å². The van der Waals surface area contributed by atoms with Gasteiger partial charge in [-0.3, -0.25) is 4.79 Å². The van der Waals surface area contributed by atoms with Gasteiger partial charge in [0, 0.05) is 18.8 Å². The number of rotatable bonds is 7. The van der Waals surface area contributed by atoms with Gasteiger partial charge in [0.05, 0.1) is 12.4 Å². The first kappa shape index (κ1) is 20.5. The molecule has 1 aliphatic rings. The number of carbonyl (C=O) groups is 1. The number of aromatic nitrogens is 2. The van der Waals surface area contributed by atoms with Crippen LogP contribution in [0.2, 0.25) is 0 Å². The molecule has 1 fully saturated rings. The summed E-state index contributed by atoms with van der Waals surface area (Å²) in [5.74, 6) is 1.93. The molecule has 146 valence electrons. The Balaban J connectivity index is 1.49. The minimum absolute atomic E-state index is 0.115. The van der Waals surface area contributed by atoms with Crippen LogP contribution in [0, 0.1) is 0 Å². The van der Waals surface area contributed by atoms with Gasteiger partial charge in [0.15, 0.2) is 8.68 Å². The third kappa shape index (κ3) is 6.12. The van der Waals surface area contributed by atoms with Crippen molar-refractivity contribution in [3.63, 3.8) is 0 Å². The minimum atomic E-state index is -0.115. The summed E-state index contributed by atoms with van der Waals surface area (Å²) in [6, 6.07) is 8.05. The van der Waals surface area contributed by atoms with E-state index in [2.05, 4.69) is 22.3 Å². The van der Waals surface area contributed by atoms with Crippen LogP contribution in [0.5, 0.6) is 5.75 Å². The van der Waals surface area contributed by atoms with Crippen molar-refractivity contribution in [1.82, 2.24) is 15.1 Å². The number of thioether (sulfide) groups is 2. The smallest absolute Gasteiger partial charge is 0.235 e.